The van der Waals surface area contributed by atoms with E-state index in [0.717, 1.165) is 30.8 Å². The third kappa shape index (κ3) is 10.3. The van der Waals surface area contributed by atoms with E-state index >= 15 is 0 Å². The summed E-state index contributed by atoms with van der Waals surface area (Å²) in [5, 5.41) is 6.54. The maximum Gasteiger partial charge on any atom is 0.113 e. The highest BCUT2D eigenvalue weighted by molar-refractivity contribution is 5.54. The summed E-state index contributed by atoms with van der Waals surface area (Å²) >= 11 is 0. The van der Waals surface area contributed by atoms with Gasteiger partial charge < -0.3 is 10.1 Å². The van der Waals surface area contributed by atoms with Gasteiger partial charge in [-0.1, -0.05) is 27.4 Å². The van der Waals surface area contributed by atoms with Crippen molar-refractivity contribution in [3.8, 4) is 0 Å². The van der Waals surface area contributed by atoms with Crippen molar-refractivity contribution in [2.75, 3.05) is 20.2 Å². The molecule has 4 heteroatoms. The maximum atomic E-state index is 5.93. The molecule has 0 aliphatic carbocycles. The summed E-state index contributed by atoms with van der Waals surface area (Å²) in [4.78, 5) is 4.12. The number of rotatable bonds is 9. The van der Waals surface area contributed by atoms with Crippen molar-refractivity contribution < 1.29 is 4.74 Å². The van der Waals surface area contributed by atoms with Gasteiger partial charge in [0.1, 0.15) is 5.72 Å². The monoisotopic (exact) mass is 295 g/mol. The highest BCUT2D eigenvalue weighted by Crippen LogP contribution is 2.17. The molecular formula is C17H33N3O. The average molecular weight is 295 g/mol. The third-order valence-electron chi connectivity index (χ3n) is 2.85. The van der Waals surface area contributed by atoms with Crippen molar-refractivity contribution in [3.05, 3.63) is 24.0 Å². The van der Waals surface area contributed by atoms with Crippen LogP contribution in [0.3, 0.4) is 0 Å². The fourth-order valence-electron chi connectivity index (χ4n) is 1.58. The van der Waals surface area contributed by atoms with Gasteiger partial charge in [-0.05, 0) is 38.2 Å². The molecule has 0 fully saturated rings. The molecule has 0 amide bonds. The minimum Gasteiger partial charge on any atom is -0.387 e. The molecule has 0 aliphatic heterocycles. The van der Waals surface area contributed by atoms with Crippen LogP contribution in [0.2, 0.25) is 0 Å². The smallest absolute Gasteiger partial charge is 0.113 e. The van der Waals surface area contributed by atoms with Crippen molar-refractivity contribution in [2.45, 2.75) is 53.7 Å². The minimum absolute atomic E-state index is 0.169. The van der Waals surface area contributed by atoms with E-state index < -0.39 is 0 Å². The number of aliphatic imine (C=N–C) groups is 1. The second-order valence-corrected chi connectivity index (χ2v) is 6.84. The number of allylic oxidation sites excluding steroid dienone is 1. The van der Waals surface area contributed by atoms with E-state index in [4.69, 9.17) is 4.74 Å². The highest BCUT2D eigenvalue weighted by atomic mass is 16.5. The van der Waals surface area contributed by atoms with Crippen molar-refractivity contribution in [2.24, 2.45) is 10.4 Å². The van der Waals surface area contributed by atoms with E-state index in [-0.39, 0.29) is 11.1 Å². The zero-order valence-electron chi connectivity index (χ0n) is 14.8. The fraction of sp³-hybridized carbons (Fsp3) is 0.706. The second-order valence-electron chi connectivity index (χ2n) is 6.84. The Morgan fingerprint density at radius 1 is 1.24 bits per heavy atom. The Labute approximate surface area is 130 Å². The Morgan fingerprint density at radius 3 is 2.33 bits per heavy atom. The number of likely N-dealkylation sites (N-methyl/N-ethyl adjacent to an activating group) is 1. The van der Waals surface area contributed by atoms with E-state index in [1.54, 1.807) is 12.4 Å². The first-order valence-electron chi connectivity index (χ1n) is 7.54. The van der Waals surface area contributed by atoms with Gasteiger partial charge in [0.25, 0.3) is 0 Å². The summed E-state index contributed by atoms with van der Waals surface area (Å²) in [6.07, 6.45) is 4.39. The first-order valence-corrected chi connectivity index (χ1v) is 7.54. The van der Waals surface area contributed by atoms with Crippen LogP contribution < -0.4 is 10.6 Å². The normalized spacial score (nSPS) is 13.8. The van der Waals surface area contributed by atoms with Gasteiger partial charge in [0.2, 0.25) is 0 Å². The van der Waals surface area contributed by atoms with Gasteiger partial charge in [-0.15, -0.1) is 0 Å². The van der Waals surface area contributed by atoms with Gasteiger partial charge in [-0.2, -0.15) is 0 Å². The number of nitrogens with zero attached hydrogens (tertiary/aromatic N) is 1. The predicted molar refractivity (Wildman–Crippen MR) is 92.6 cm³/mol. The Bertz CT molecular complexity index is 376. The van der Waals surface area contributed by atoms with E-state index in [0.29, 0.717) is 0 Å². The van der Waals surface area contributed by atoms with Crippen LogP contribution in [0.5, 0.6) is 0 Å². The molecule has 0 aliphatic rings. The molecule has 0 bridgehead atoms. The Morgan fingerprint density at radius 2 is 1.86 bits per heavy atom. The molecule has 4 nitrogen and oxygen atoms in total. The Kier molecular flexibility index (Phi) is 8.52. The fourth-order valence-corrected chi connectivity index (χ4v) is 1.58. The molecule has 21 heavy (non-hydrogen) atoms. The highest BCUT2D eigenvalue weighted by Gasteiger charge is 2.21. The van der Waals surface area contributed by atoms with Crippen LogP contribution in [0.4, 0.5) is 0 Å². The van der Waals surface area contributed by atoms with Crippen LogP contribution in [0.15, 0.2) is 29.0 Å². The zero-order chi connectivity index (χ0) is 16.5. The summed E-state index contributed by atoms with van der Waals surface area (Å²) in [5.74, 6) is 0. The topological polar surface area (TPSA) is 45.6 Å². The number of nitrogens with one attached hydrogen (secondary N) is 2. The van der Waals surface area contributed by atoms with Gasteiger partial charge in [0.05, 0.1) is 12.3 Å². The number of hydrogen-bond donors (Lipinski definition) is 2. The lowest BCUT2D eigenvalue weighted by molar-refractivity contribution is -0.0711. The quantitative estimate of drug-likeness (QED) is 0.389. The van der Waals surface area contributed by atoms with Crippen molar-refractivity contribution in [3.63, 3.8) is 0 Å². The molecule has 0 spiro atoms. The van der Waals surface area contributed by atoms with Crippen LogP contribution in [0.25, 0.3) is 0 Å². The molecule has 0 heterocycles. The first-order chi connectivity index (χ1) is 9.61. The molecule has 0 radical (unpaired) electrons. The predicted octanol–water partition coefficient (Wildman–Crippen LogP) is 3.47. The van der Waals surface area contributed by atoms with Gasteiger partial charge in [0, 0.05) is 26.0 Å². The van der Waals surface area contributed by atoms with E-state index in [1.807, 2.05) is 14.0 Å². The standard InChI is InChI=1S/C17H33N3O/c1-9-19-12-15(18-8)14(2)10-11-20-17(6,7)21-13-16(3,4)5/h9,12,18,20H,2,10-11,13H2,1,3-8H3/b15-12-,19-9?. The zero-order valence-corrected chi connectivity index (χ0v) is 14.8. The molecule has 0 aromatic carbocycles. The summed E-state index contributed by atoms with van der Waals surface area (Å²) in [6, 6.07) is 0. The molecule has 0 saturated carbocycles. The van der Waals surface area contributed by atoms with Crippen molar-refractivity contribution in [1.29, 1.82) is 0 Å². The van der Waals surface area contributed by atoms with Gasteiger partial charge >= 0.3 is 0 Å². The van der Waals surface area contributed by atoms with Crippen LogP contribution in [-0.2, 0) is 4.74 Å². The molecule has 0 aromatic rings. The molecular weight excluding hydrogens is 262 g/mol. The lowest BCUT2D eigenvalue weighted by Gasteiger charge is -2.31. The van der Waals surface area contributed by atoms with Crippen LogP contribution >= 0.6 is 0 Å². The summed E-state index contributed by atoms with van der Waals surface area (Å²) in [7, 11) is 1.88. The average Bonchev–Trinajstić information content (AvgIpc) is 2.36. The lowest BCUT2D eigenvalue weighted by atomic mass is 9.98. The van der Waals surface area contributed by atoms with Crippen molar-refractivity contribution >= 4 is 6.21 Å². The Balaban J connectivity index is 4.25. The molecule has 2 N–H and O–H groups in total. The second kappa shape index (κ2) is 9.00. The summed E-state index contributed by atoms with van der Waals surface area (Å²) in [6.45, 7) is 18.1. The number of hydrogen-bond acceptors (Lipinski definition) is 4. The largest absolute Gasteiger partial charge is 0.387 e. The van der Waals surface area contributed by atoms with Gasteiger partial charge in [0.15, 0.2) is 0 Å². The van der Waals surface area contributed by atoms with Gasteiger partial charge in [-0.3, -0.25) is 10.3 Å². The first kappa shape index (κ1) is 19.9. The van der Waals surface area contributed by atoms with Crippen LogP contribution in [-0.4, -0.2) is 32.1 Å². The lowest BCUT2D eigenvalue weighted by Crippen LogP contribution is -2.44. The maximum absolute atomic E-state index is 5.93. The molecule has 0 rings (SSSR count). The summed E-state index contributed by atoms with van der Waals surface area (Å²) < 4.78 is 5.93. The van der Waals surface area contributed by atoms with Crippen molar-refractivity contribution in [1.82, 2.24) is 10.6 Å². The Hall–Kier alpha value is -1.13. The molecule has 0 unspecified atom stereocenters. The molecule has 122 valence electrons. The van der Waals surface area contributed by atoms with E-state index in [9.17, 15) is 0 Å². The molecule has 0 saturated heterocycles. The molecule has 0 atom stereocenters. The van der Waals surface area contributed by atoms with E-state index in [2.05, 4.69) is 56.8 Å². The third-order valence-corrected chi connectivity index (χ3v) is 2.85. The van der Waals surface area contributed by atoms with Crippen LogP contribution in [0, 0.1) is 5.41 Å². The van der Waals surface area contributed by atoms with E-state index in [1.165, 1.54) is 0 Å². The summed E-state index contributed by atoms with van der Waals surface area (Å²) in [5.41, 5.74) is 1.83. The molecule has 0 aromatic heterocycles. The SMILES string of the molecule is C=C(CCNC(C)(C)OCC(C)(C)C)/C(=C/N=CC)NC. The number of ether oxygens (including phenoxy) is 1. The van der Waals surface area contributed by atoms with Gasteiger partial charge in [-0.25, -0.2) is 0 Å². The van der Waals surface area contributed by atoms with Crippen LogP contribution in [0.1, 0.15) is 48.0 Å². The minimum atomic E-state index is -0.335.